The molecule has 2 aliphatic rings. The number of halogens is 1. The summed E-state index contributed by atoms with van der Waals surface area (Å²) in [5.41, 5.74) is 1.47. The molecule has 0 bridgehead atoms. The van der Waals surface area contributed by atoms with Gasteiger partial charge in [-0.1, -0.05) is 110 Å². The van der Waals surface area contributed by atoms with E-state index in [4.69, 9.17) is 4.74 Å². The maximum absolute atomic E-state index is 6.24. The van der Waals surface area contributed by atoms with Gasteiger partial charge in [0.1, 0.15) is 5.75 Å². The minimum atomic E-state index is 0.746. The Hall–Kier alpha value is -0.500. The van der Waals surface area contributed by atoms with Crippen molar-refractivity contribution >= 4 is 15.9 Å². The van der Waals surface area contributed by atoms with E-state index in [9.17, 15) is 0 Å². The molecule has 0 saturated heterocycles. The highest BCUT2D eigenvalue weighted by Crippen LogP contribution is 2.36. The first-order valence-corrected chi connectivity index (χ1v) is 15.4. The smallest absolute Gasteiger partial charge is 0.133 e. The molecular formula is C31H51BrO. The van der Waals surface area contributed by atoms with Crippen LogP contribution < -0.4 is 4.74 Å². The van der Waals surface area contributed by atoms with Gasteiger partial charge in [-0.2, -0.15) is 0 Å². The van der Waals surface area contributed by atoms with E-state index in [1.54, 1.807) is 0 Å². The van der Waals surface area contributed by atoms with Crippen molar-refractivity contribution in [3.8, 4) is 5.75 Å². The van der Waals surface area contributed by atoms with Crippen LogP contribution in [-0.2, 0) is 6.42 Å². The zero-order valence-corrected chi connectivity index (χ0v) is 23.3. The fourth-order valence-corrected chi connectivity index (χ4v) is 6.88. The molecule has 2 saturated carbocycles. The molecule has 0 amide bonds. The number of hydrogen-bond donors (Lipinski definition) is 0. The SMILES string of the molecule is CCCCCCC[C@H]1CC[C@H](CCc2ccc(OC[C@H]3CC[C@H](CCC)CC3)c(Br)c2)CC1. The lowest BCUT2D eigenvalue weighted by atomic mass is 9.77. The molecule has 1 nitrogen and oxygen atoms in total. The maximum Gasteiger partial charge on any atom is 0.133 e. The Balaban J connectivity index is 1.30. The molecule has 188 valence electrons. The van der Waals surface area contributed by atoms with Crippen molar-refractivity contribution in [3.05, 3.63) is 28.2 Å². The van der Waals surface area contributed by atoms with Crippen molar-refractivity contribution in [2.24, 2.45) is 23.7 Å². The molecule has 0 radical (unpaired) electrons. The fourth-order valence-electron chi connectivity index (χ4n) is 6.34. The van der Waals surface area contributed by atoms with Gasteiger partial charge in [-0.25, -0.2) is 0 Å². The molecule has 33 heavy (non-hydrogen) atoms. The second-order valence-electron chi connectivity index (χ2n) is 11.4. The Morgan fingerprint density at radius 3 is 1.94 bits per heavy atom. The van der Waals surface area contributed by atoms with Gasteiger partial charge in [0.05, 0.1) is 11.1 Å². The predicted molar refractivity (Wildman–Crippen MR) is 147 cm³/mol. The summed E-state index contributed by atoms with van der Waals surface area (Å²) in [6.07, 6.45) is 25.4. The van der Waals surface area contributed by atoms with Gasteiger partial charge in [0.2, 0.25) is 0 Å². The summed E-state index contributed by atoms with van der Waals surface area (Å²) in [6.45, 7) is 5.51. The standard InChI is InChI=1S/C31H51BrO/c1-3-5-6-7-8-10-26-11-13-27(14-12-26)15-18-28-21-22-31(30(32)23-28)33-24-29-19-16-25(9-4-2)17-20-29/h21-23,25-27,29H,3-20,24H2,1-2H3/t25-,26-,27-,29-. The van der Waals surface area contributed by atoms with Crippen LogP contribution in [0.25, 0.3) is 0 Å². The summed E-state index contributed by atoms with van der Waals surface area (Å²) in [6, 6.07) is 6.83. The maximum atomic E-state index is 6.24. The normalized spacial score (nSPS) is 25.8. The zero-order chi connectivity index (χ0) is 23.3. The molecule has 1 aromatic rings. The number of aryl methyl sites for hydroxylation is 1. The lowest BCUT2D eigenvalue weighted by Gasteiger charge is -2.29. The van der Waals surface area contributed by atoms with Gasteiger partial charge in [-0.15, -0.1) is 0 Å². The van der Waals surface area contributed by atoms with Crippen molar-refractivity contribution in [1.29, 1.82) is 0 Å². The summed E-state index contributed by atoms with van der Waals surface area (Å²) in [4.78, 5) is 0. The Morgan fingerprint density at radius 2 is 1.30 bits per heavy atom. The zero-order valence-electron chi connectivity index (χ0n) is 21.8. The average Bonchev–Trinajstić information content (AvgIpc) is 2.84. The Bertz CT molecular complexity index is 640. The Morgan fingerprint density at radius 1 is 0.697 bits per heavy atom. The van der Waals surface area contributed by atoms with Gasteiger partial charge in [0, 0.05) is 0 Å². The summed E-state index contributed by atoms with van der Waals surface area (Å²) < 4.78 is 7.38. The van der Waals surface area contributed by atoms with Crippen LogP contribution in [0.5, 0.6) is 5.75 Å². The molecule has 0 heterocycles. The van der Waals surface area contributed by atoms with Gasteiger partial charge in [0.15, 0.2) is 0 Å². The number of rotatable bonds is 14. The van der Waals surface area contributed by atoms with Crippen LogP contribution in [0.2, 0.25) is 0 Å². The highest BCUT2D eigenvalue weighted by atomic mass is 79.9. The molecule has 0 aliphatic heterocycles. The van der Waals surface area contributed by atoms with Crippen LogP contribution in [0, 0.1) is 23.7 Å². The van der Waals surface area contributed by atoms with Crippen molar-refractivity contribution in [1.82, 2.24) is 0 Å². The number of ether oxygens (including phenoxy) is 1. The van der Waals surface area contributed by atoms with Crippen LogP contribution in [0.4, 0.5) is 0 Å². The highest BCUT2D eigenvalue weighted by Gasteiger charge is 2.22. The van der Waals surface area contributed by atoms with E-state index in [1.807, 2.05) is 0 Å². The first-order chi connectivity index (χ1) is 16.2. The molecule has 2 aliphatic carbocycles. The van der Waals surface area contributed by atoms with E-state index in [1.165, 1.54) is 121 Å². The van der Waals surface area contributed by atoms with E-state index in [2.05, 4.69) is 48.0 Å². The van der Waals surface area contributed by atoms with E-state index in [0.29, 0.717) is 0 Å². The summed E-state index contributed by atoms with van der Waals surface area (Å²) in [5, 5.41) is 0. The van der Waals surface area contributed by atoms with E-state index in [-0.39, 0.29) is 0 Å². The molecule has 0 unspecified atom stereocenters. The van der Waals surface area contributed by atoms with Crippen molar-refractivity contribution in [3.63, 3.8) is 0 Å². The third-order valence-corrected chi connectivity index (χ3v) is 9.28. The van der Waals surface area contributed by atoms with Gasteiger partial charge < -0.3 is 4.74 Å². The molecule has 1 aromatic carbocycles. The summed E-state index contributed by atoms with van der Waals surface area (Å²) in [7, 11) is 0. The average molecular weight is 520 g/mol. The second-order valence-corrected chi connectivity index (χ2v) is 12.2. The highest BCUT2D eigenvalue weighted by molar-refractivity contribution is 9.10. The molecule has 0 spiro atoms. The van der Waals surface area contributed by atoms with Crippen molar-refractivity contribution in [2.45, 2.75) is 129 Å². The van der Waals surface area contributed by atoms with Crippen molar-refractivity contribution in [2.75, 3.05) is 6.61 Å². The molecule has 0 N–H and O–H groups in total. The monoisotopic (exact) mass is 518 g/mol. The van der Waals surface area contributed by atoms with E-state index >= 15 is 0 Å². The van der Waals surface area contributed by atoms with Gasteiger partial charge in [0.25, 0.3) is 0 Å². The molecule has 0 aromatic heterocycles. The van der Waals surface area contributed by atoms with Crippen LogP contribution >= 0.6 is 15.9 Å². The van der Waals surface area contributed by atoms with Crippen LogP contribution in [0.15, 0.2) is 22.7 Å². The minimum Gasteiger partial charge on any atom is -0.492 e. The van der Waals surface area contributed by atoms with E-state index in [0.717, 1.165) is 40.5 Å². The molecule has 2 fully saturated rings. The largest absolute Gasteiger partial charge is 0.492 e. The Labute approximate surface area is 214 Å². The fraction of sp³-hybridized carbons (Fsp3) is 0.806. The molecule has 3 rings (SSSR count). The van der Waals surface area contributed by atoms with Gasteiger partial charge in [-0.3, -0.25) is 0 Å². The lowest BCUT2D eigenvalue weighted by Crippen LogP contribution is -2.20. The van der Waals surface area contributed by atoms with Crippen molar-refractivity contribution < 1.29 is 4.74 Å². The first kappa shape index (κ1) is 27.1. The van der Waals surface area contributed by atoms with Crippen LogP contribution in [-0.4, -0.2) is 6.61 Å². The van der Waals surface area contributed by atoms with Gasteiger partial charge >= 0.3 is 0 Å². The second kappa shape index (κ2) is 15.5. The summed E-state index contributed by atoms with van der Waals surface area (Å²) >= 11 is 3.79. The van der Waals surface area contributed by atoms with E-state index < -0.39 is 0 Å². The van der Waals surface area contributed by atoms with Crippen LogP contribution in [0.1, 0.15) is 129 Å². The third kappa shape index (κ3) is 9.95. The molecule has 2 heteroatoms. The lowest BCUT2D eigenvalue weighted by molar-refractivity contribution is 0.178. The molecule has 0 atom stereocenters. The number of benzene rings is 1. The van der Waals surface area contributed by atoms with Gasteiger partial charge in [-0.05, 0) is 83.0 Å². The number of unbranched alkanes of at least 4 members (excludes halogenated alkanes) is 4. The molecular weight excluding hydrogens is 468 g/mol. The van der Waals surface area contributed by atoms with Crippen LogP contribution in [0.3, 0.4) is 0 Å². The Kier molecular flexibility index (Phi) is 12.7. The third-order valence-electron chi connectivity index (χ3n) is 8.66. The minimum absolute atomic E-state index is 0.746. The predicted octanol–water partition coefficient (Wildman–Crippen LogP) is 10.5. The summed E-state index contributed by atoms with van der Waals surface area (Å²) in [5.74, 6) is 4.72. The first-order valence-electron chi connectivity index (χ1n) is 14.6. The quantitative estimate of drug-likeness (QED) is 0.222. The topological polar surface area (TPSA) is 9.23 Å². The number of hydrogen-bond acceptors (Lipinski definition) is 1.